The largest absolute Gasteiger partial charge is 0.457 e. The molecule has 0 bridgehead atoms. The summed E-state index contributed by atoms with van der Waals surface area (Å²) in [6, 6.07) is 25.1. The Kier molecular flexibility index (Phi) is 7.04. The van der Waals surface area contributed by atoms with Crippen molar-refractivity contribution < 1.29 is 17.9 Å². The monoisotopic (exact) mass is 472 g/mol. The molecule has 0 aliphatic heterocycles. The van der Waals surface area contributed by atoms with Crippen molar-refractivity contribution in [2.75, 3.05) is 11.1 Å². The summed E-state index contributed by atoms with van der Waals surface area (Å²) in [4.78, 5) is 17.0. The number of aromatic nitrogens is 1. The first-order valence-corrected chi connectivity index (χ1v) is 12.5. The van der Waals surface area contributed by atoms with Crippen molar-refractivity contribution in [1.29, 1.82) is 0 Å². The standard InChI is InChI=1S/C27H24N2O4S/c1-2-34(31,32)24-11-8-20(9-12-24)18-27(30)29-22-10-13-25(21-14-16-28-17-15-21)26(19-22)33-23-6-4-3-5-7-23/h3-17,19H,2,18H2,1H3,(H,29,30). The molecule has 0 saturated heterocycles. The highest BCUT2D eigenvalue weighted by Gasteiger charge is 2.13. The van der Waals surface area contributed by atoms with Gasteiger partial charge in [0.2, 0.25) is 5.91 Å². The van der Waals surface area contributed by atoms with Crippen molar-refractivity contribution in [3.63, 3.8) is 0 Å². The number of para-hydroxylation sites is 1. The minimum Gasteiger partial charge on any atom is -0.457 e. The first-order valence-electron chi connectivity index (χ1n) is 10.8. The van der Waals surface area contributed by atoms with Gasteiger partial charge >= 0.3 is 0 Å². The van der Waals surface area contributed by atoms with E-state index in [9.17, 15) is 13.2 Å². The van der Waals surface area contributed by atoms with E-state index in [0.29, 0.717) is 17.2 Å². The number of rotatable bonds is 8. The highest BCUT2D eigenvalue weighted by Crippen LogP contribution is 2.35. The van der Waals surface area contributed by atoms with Gasteiger partial charge in [-0.2, -0.15) is 0 Å². The molecule has 4 rings (SSSR count). The summed E-state index contributed by atoms with van der Waals surface area (Å²) < 4.78 is 30.1. The van der Waals surface area contributed by atoms with E-state index < -0.39 is 9.84 Å². The van der Waals surface area contributed by atoms with Crippen LogP contribution in [-0.2, 0) is 21.1 Å². The van der Waals surface area contributed by atoms with E-state index in [-0.39, 0.29) is 23.0 Å². The number of pyridine rings is 1. The molecule has 34 heavy (non-hydrogen) atoms. The van der Waals surface area contributed by atoms with Crippen LogP contribution >= 0.6 is 0 Å². The molecular formula is C27H24N2O4S. The molecule has 7 heteroatoms. The van der Waals surface area contributed by atoms with Gasteiger partial charge in [-0.3, -0.25) is 9.78 Å². The van der Waals surface area contributed by atoms with Crippen LogP contribution in [0.1, 0.15) is 12.5 Å². The Morgan fingerprint density at radius 1 is 0.912 bits per heavy atom. The fourth-order valence-corrected chi connectivity index (χ4v) is 4.33. The molecule has 1 aromatic heterocycles. The van der Waals surface area contributed by atoms with E-state index in [4.69, 9.17) is 4.74 Å². The summed E-state index contributed by atoms with van der Waals surface area (Å²) in [7, 11) is -3.27. The Morgan fingerprint density at radius 3 is 2.29 bits per heavy atom. The van der Waals surface area contributed by atoms with Gasteiger partial charge in [-0.25, -0.2) is 8.42 Å². The molecule has 0 atom stereocenters. The maximum Gasteiger partial charge on any atom is 0.228 e. The van der Waals surface area contributed by atoms with Gasteiger partial charge in [0.15, 0.2) is 9.84 Å². The molecule has 0 aliphatic carbocycles. The number of hydrogen-bond acceptors (Lipinski definition) is 5. The molecule has 0 unspecified atom stereocenters. The summed E-state index contributed by atoms with van der Waals surface area (Å²) in [5.41, 5.74) is 3.14. The zero-order valence-corrected chi connectivity index (χ0v) is 19.5. The maximum atomic E-state index is 12.7. The Hall–Kier alpha value is -3.97. The van der Waals surface area contributed by atoms with Crippen LogP contribution < -0.4 is 10.1 Å². The molecular weight excluding hydrogens is 448 g/mol. The van der Waals surface area contributed by atoms with Crippen LogP contribution in [0.2, 0.25) is 0 Å². The second kappa shape index (κ2) is 10.3. The van der Waals surface area contributed by atoms with Crippen molar-refractivity contribution in [1.82, 2.24) is 4.98 Å². The number of sulfone groups is 1. The van der Waals surface area contributed by atoms with Crippen LogP contribution in [0.15, 0.2) is 102 Å². The van der Waals surface area contributed by atoms with Gasteiger partial charge in [-0.15, -0.1) is 0 Å². The molecule has 1 amide bonds. The number of amides is 1. The third-order valence-electron chi connectivity index (χ3n) is 5.25. The Balaban J connectivity index is 1.53. The van der Waals surface area contributed by atoms with Crippen LogP contribution in [0, 0.1) is 0 Å². The molecule has 0 fully saturated rings. The molecule has 1 N–H and O–H groups in total. The molecule has 3 aromatic carbocycles. The second-order valence-corrected chi connectivity index (χ2v) is 9.91. The van der Waals surface area contributed by atoms with Crippen LogP contribution in [-0.4, -0.2) is 25.1 Å². The average Bonchev–Trinajstić information content (AvgIpc) is 2.86. The number of anilines is 1. The van der Waals surface area contributed by atoms with Crippen molar-refractivity contribution in [3.05, 3.63) is 103 Å². The van der Waals surface area contributed by atoms with Crippen LogP contribution in [0.5, 0.6) is 11.5 Å². The van der Waals surface area contributed by atoms with Gasteiger partial charge in [0.1, 0.15) is 11.5 Å². The Labute approximate surface area is 199 Å². The smallest absolute Gasteiger partial charge is 0.228 e. The number of nitrogens with one attached hydrogen (secondary N) is 1. The normalized spacial score (nSPS) is 11.1. The van der Waals surface area contributed by atoms with Gasteiger partial charge in [0, 0.05) is 29.7 Å². The molecule has 0 aliphatic rings. The third kappa shape index (κ3) is 5.68. The Bertz CT molecular complexity index is 1370. The van der Waals surface area contributed by atoms with Crippen molar-refractivity contribution in [2.45, 2.75) is 18.2 Å². The molecule has 0 saturated carbocycles. The zero-order valence-electron chi connectivity index (χ0n) is 18.6. The fraction of sp³-hybridized carbons (Fsp3) is 0.111. The van der Waals surface area contributed by atoms with Crippen LogP contribution in [0.4, 0.5) is 5.69 Å². The van der Waals surface area contributed by atoms with Crippen molar-refractivity contribution in [2.24, 2.45) is 0 Å². The topological polar surface area (TPSA) is 85.4 Å². The summed E-state index contributed by atoms with van der Waals surface area (Å²) in [5.74, 6) is 1.11. The van der Waals surface area contributed by atoms with E-state index >= 15 is 0 Å². The number of carbonyl (C=O) groups excluding carboxylic acids is 1. The van der Waals surface area contributed by atoms with E-state index in [2.05, 4.69) is 10.3 Å². The predicted molar refractivity (Wildman–Crippen MR) is 133 cm³/mol. The molecule has 4 aromatic rings. The molecule has 6 nitrogen and oxygen atoms in total. The van der Waals surface area contributed by atoms with Gasteiger partial charge in [0.25, 0.3) is 0 Å². The van der Waals surface area contributed by atoms with Crippen molar-refractivity contribution in [3.8, 4) is 22.6 Å². The van der Waals surface area contributed by atoms with Gasteiger partial charge < -0.3 is 10.1 Å². The lowest BCUT2D eigenvalue weighted by molar-refractivity contribution is -0.115. The quantitative estimate of drug-likeness (QED) is 0.365. The predicted octanol–water partition coefficient (Wildman–Crippen LogP) is 5.52. The summed E-state index contributed by atoms with van der Waals surface area (Å²) in [6.45, 7) is 1.60. The maximum absolute atomic E-state index is 12.7. The van der Waals surface area contributed by atoms with Crippen LogP contribution in [0.25, 0.3) is 11.1 Å². The van der Waals surface area contributed by atoms with Crippen LogP contribution in [0.3, 0.4) is 0 Å². The lowest BCUT2D eigenvalue weighted by Crippen LogP contribution is -2.14. The summed E-state index contributed by atoms with van der Waals surface area (Å²) in [5, 5.41) is 2.90. The van der Waals surface area contributed by atoms with Gasteiger partial charge in [0.05, 0.1) is 17.1 Å². The fourth-order valence-electron chi connectivity index (χ4n) is 3.44. The first kappa shape index (κ1) is 23.2. The zero-order chi connectivity index (χ0) is 24.0. The minimum absolute atomic E-state index is 0.0374. The minimum atomic E-state index is -3.27. The number of carbonyl (C=O) groups is 1. The van der Waals surface area contributed by atoms with E-state index in [1.807, 2.05) is 54.6 Å². The van der Waals surface area contributed by atoms with Crippen molar-refractivity contribution >= 4 is 21.4 Å². The highest BCUT2D eigenvalue weighted by atomic mass is 32.2. The third-order valence-corrected chi connectivity index (χ3v) is 7.01. The number of hydrogen-bond donors (Lipinski definition) is 1. The molecule has 1 heterocycles. The van der Waals surface area contributed by atoms with E-state index in [1.165, 1.54) is 12.1 Å². The van der Waals surface area contributed by atoms with Gasteiger partial charge in [-0.1, -0.05) is 37.3 Å². The van der Waals surface area contributed by atoms with Gasteiger partial charge in [-0.05, 0) is 59.7 Å². The summed E-state index contributed by atoms with van der Waals surface area (Å²) >= 11 is 0. The second-order valence-electron chi connectivity index (χ2n) is 7.63. The molecule has 0 spiro atoms. The first-order chi connectivity index (χ1) is 16.4. The lowest BCUT2D eigenvalue weighted by atomic mass is 10.1. The molecule has 172 valence electrons. The SMILES string of the molecule is CCS(=O)(=O)c1ccc(CC(=O)Nc2ccc(-c3ccncc3)c(Oc3ccccc3)c2)cc1. The lowest BCUT2D eigenvalue weighted by Gasteiger charge is -2.14. The molecule has 0 radical (unpaired) electrons. The summed E-state index contributed by atoms with van der Waals surface area (Å²) in [6.07, 6.45) is 3.55. The highest BCUT2D eigenvalue weighted by molar-refractivity contribution is 7.91. The van der Waals surface area contributed by atoms with E-state index in [1.54, 1.807) is 37.5 Å². The number of ether oxygens (including phenoxy) is 1. The number of benzene rings is 3. The number of nitrogens with zero attached hydrogens (tertiary/aromatic N) is 1. The van der Waals surface area contributed by atoms with E-state index in [0.717, 1.165) is 16.7 Å². The average molecular weight is 473 g/mol. The Morgan fingerprint density at radius 2 is 1.62 bits per heavy atom.